The van der Waals surface area contributed by atoms with Crippen LogP contribution in [0.3, 0.4) is 0 Å². The van der Waals surface area contributed by atoms with E-state index in [1.807, 2.05) is 20.8 Å². The Labute approximate surface area is 115 Å². The number of carbonyl (C=O) groups is 1. The Hall–Kier alpha value is -1.66. The number of aryl methyl sites for hydroxylation is 2. The fourth-order valence-corrected chi connectivity index (χ4v) is 2.60. The van der Waals surface area contributed by atoms with E-state index in [9.17, 15) is 4.79 Å². The topological polar surface area (TPSA) is 75.4 Å². The summed E-state index contributed by atoms with van der Waals surface area (Å²) >= 11 is 1.30. The Morgan fingerprint density at radius 1 is 1.58 bits per heavy atom. The summed E-state index contributed by atoms with van der Waals surface area (Å²) in [6, 6.07) is 1.70. The molecule has 1 unspecified atom stereocenters. The summed E-state index contributed by atoms with van der Waals surface area (Å²) in [4.78, 5) is 16.4. The minimum Gasteiger partial charge on any atom is -0.477 e. The van der Waals surface area contributed by atoms with E-state index in [2.05, 4.69) is 10.3 Å². The summed E-state index contributed by atoms with van der Waals surface area (Å²) in [6.45, 7) is 6.34. The molecule has 2 rings (SSSR count). The molecule has 0 aliphatic carbocycles. The predicted octanol–water partition coefficient (Wildman–Crippen LogP) is 2.90. The van der Waals surface area contributed by atoms with Crippen LogP contribution in [0.1, 0.15) is 44.7 Å². The normalized spacial score (nSPS) is 12.6. The lowest BCUT2D eigenvalue weighted by atomic mass is 10.2. The quantitative estimate of drug-likeness (QED) is 0.880. The SMILES string of the molecule is Cc1cnc(C(C)NCc2cc(C(=O)O)sc2C)o1. The molecule has 0 bridgehead atoms. The average molecular weight is 280 g/mol. The van der Waals surface area contributed by atoms with Crippen molar-refractivity contribution in [3.63, 3.8) is 0 Å². The highest BCUT2D eigenvalue weighted by Crippen LogP contribution is 2.22. The van der Waals surface area contributed by atoms with Gasteiger partial charge in [-0.05, 0) is 32.4 Å². The highest BCUT2D eigenvalue weighted by atomic mass is 32.1. The molecule has 19 heavy (non-hydrogen) atoms. The van der Waals surface area contributed by atoms with Gasteiger partial charge in [-0.25, -0.2) is 9.78 Å². The van der Waals surface area contributed by atoms with Gasteiger partial charge in [-0.1, -0.05) is 0 Å². The molecule has 0 radical (unpaired) electrons. The minimum atomic E-state index is -0.879. The van der Waals surface area contributed by atoms with Crippen LogP contribution in [0.15, 0.2) is 16.7 Å². The van der Waals surface area contributed by atoms with E-state index in [1.165, 1.54) is 11.3 Å². The Morgan fingerprint density at radius 2 is 2.32 bits per heavy atom. The van der Waals surface area contributed by atoms with E-state index < -0.39 is 5.97 Å². The number of nitrogens with zero attached hydrogens (tertiary/aromatic N) is 1. The number of carboxylic acids is 1. The van der Waals surface area contributed by atoms with Gasteiger partial charge in [0.25, 0.3) is 0 Å². The first-order valence-electron chi connectivity index (χ1n) is 5.95. The second-order valence-electron chi connectivity index (χ2n) is 4.41. The van der Waals surface area contributed by atoms with Crippen molar-refractivity contribution in [3.05, 3.63) is 39.2 Å². The number of aromatic nitrogens is 1. The molecular weight excluding hydrogens is 264 g/mol. The van der Waals surface area contributed by atoms with E-state index in [4.69, 9.17) is 9.52 Å². The van der Waals surface area contributed by atoms with E-state index >= 15 is 0 Å². The molecule has 0 amide bonds. The lowest BCUT2D eigenvalue weighted by Gasteiger charge is -2.09. The van der Waals surface area contributed by atoms with Gasteiger partial charge in [-0.15, -0.1) is 11.3 Å². The lowest BCUT2D eigenvalue weighted by Crippen LogP contribution is -2.18. The highest BCUT2D eigenvalue weighted by Gasteiger charge is 2.14. The van der Waals surface area contributed by atoms with Gasteiger partial charge in [0.1, 0.15) is 10.6 Å². The molecular formula is C13H16N2O3S. The summed E-state index contributed by atoms with van der Waals surface area (Å²) in [6.07, 6.45) is 1.69. The fourth-order valence-electron chi connectivity index (χ4n) is 1.72. The Kier molecular flexibility index (Phi) is 4.01. The van der Waals surface area contributed by atoms with E-state index in [-0.39, 0.29) is 6.04 Å². The van der Waals surface area contributed by atoms with Crippen molar-refractivity contribution in [1.82, 2.24) is 10.3 Å². The number of carboxylic acid groups (broad SMARTS) is 1. The Balaban J connectivity index is 2.00. The molecule has 0 aromatic carbocycles. The van der Waals surface area contributed by atoms with Gasteiger partial charge in [-0.2, -0.15) is 0 Å². The van der Waals surface area contributed by atoms with Crippen LogP contribution in [0.25, 0.3) is 0 Å². The van der Waals surface area contributed by atoms with Crippen LogP contribution >= 0.6 is 11.3 Å². The molecule has 0 spiro atoms. The van der Waals surface area contributed by atoms with Crippen LogP contribution in [0.4, 0.5) is 0 Å². The van der Waals surface area contributed by atoms with E-state index in [0.29, 0.717) is 17.3 Å². The van der Waals surface area contributed by atoms with Crippen LogP contribution in [-0.2, 0) is 6.54 Å². The van der Waals surface area contributed by atoms with Gasteiger partial charge in [0.2, 0.25) is 5.89 Å². The van der Waals surface area contributed by atoms with Crippen LogP contribution in [-0.4, -0.2) is 16.1 Å². The summed E-state index contributed by atoms with van der Waals surface area (Å²) < 4.78 is 5.44. The number of hydrogen-bond acceptors (Lipinski definition) is 5. The number of thiophene rings is 1. The fraction of sp³-hybridized carbons (Fsp3) is 0.385. The molecule has 0 fully saturated rings. The van der Waals surface area contributed by atoms with Gasteiger partial charge >= 0.3 is 5.97 Å². The predicted molar refractivity (Wildman–Crippen MR) is 72.5 cm³/mol. The number of hydrogen-bond donors (Lipinski definition) is 2. The summed E-state index contributed by atoms with van der Waals surface area (Å²) in [7, 11) is 0. The number of oxazole rings is 1. The number of rotatable bonds is 5. The van der Waals surface area contributed by atoms with Crippen LogP contribution in [0.5, 0.6) is 0 Å². The Morgan fingerprint density at radius 3 is 2.84 bits per heavy atom. The molecule has 2 N–H and O–H groups in total. The zero-order chi connectivity index (χ0) is 14.0. The maximum absolute atomic E-state index is 10.9. The van der Waals surface area contributed by atoms with Crippen molar-refractivity contribution in [2.24, 2.45) is 0 Å². The highest BCUT2D eigenvalue weighted by molar-refractivity contribution is 7.14. The summed E-state index contributed by atoms with van der Waals surface area (Å²) in [5, 5.41) is 12.2. The van der Waals surface area contributed by atoms with Crippen molar-refractivity contribution in [3.8, 4) is 0 Å². The number of aromatic carboxylic acids is 1. The first-order valence-corrected chi connectivity index (χ1v) is 6.77. The zero-order valence-electron chi connectivity index (χ0n) is 11.1. The molecule has 5 nitrogen and oxygen atoms in total. The van der Waals surface area contributed by atoms with E-state index in [1.54, 1.807) is 12.3 Å². The second kappa shape index (κ2) is 5.54. The van der Waals surface area contributed by atoms with E-state index in [0.717, 1.165) is 16.2 Å². The molecule has 2 aromatic rings. The molecule has 2 heterocycles. The maximum atomic E-state index is 10.9. The third-order valence-electron chi connectivity index (χ3n) is 2.84. The van der Waals surface area contributed by atoms with Crippen molar-refractivity contribution >= 4 is 17.3 Å². The molecule has 0 aliphatic heterocycles. The van der Waals surface area contributed by atoms with Crippen molar-refractivity contribution in [1.29, 1.82) is 0 Å². The summed E-state index contributed by atoms with van der Waals surface area (Å²) in [5.41, 5.74) is 0.998. The van der Waals surface area contributed by atoms with Crippen LogP contribution in [0.2, 0.25) is 0 Å². The van der Waals surface area contributed by atoms with Crippen molar-refractivity contribution < 1.29 is 14.3 Å². The van der Waals surface area contributed by atoms with Gasteiger partial charge in [0.15, 0.2) is 0 Å². The largest absolute Gasteiger partial charge is 0.477 e. The first-order chi connectivity index (χ1) is 8.97. The standard InChI is InChI=1S/C13H16N2O3S/c1-7-5-15-12(18-7)8(2)14-6-10-4-11(13(16)17)19-9(10)3/h4-5,8,14H,6H2,1-3H3,(H,16,17). The molecule has 102 valence electrons. The first kappa shape index (κ1) is 13.8. The smallest absolute Gasteiger partial charge is 0.345 e. The number of nitrogens with one attached hydrogen (secondary N) is 1. The van der Waals surface area contributed by atoms with Crippen molar-refractivity contribution in [2.45, 2.75) is 33.4 Å². The molecule has 1 atom stereocenters. The maximum Gasteiger partial charge on any atom is 0.345 e. The third kappa shape index (κ3) is 3.21. The molecule has 2 aromatic heterocycles. The van der Waals surface area contributed by atoms with Crippen LogP contribution < -0.4 is 5.32 Å². The zero-order valence-corrected chi connectivity index (χ0v) is 11.9. The van der Waals surface area contributed by atoms with Gasteiger partial charge < -0.3 is 14.8 Å². The third-order valence-corrected chi connectivity index (χ3v) is 3.92. The Bertz CT molecular complexity index is 588. The average Bonchev–Trinajstić information content (AvgIpc) is 2.93. The molecule has 0 saturated carbocycles. The monoisotopic (exact) mass is 280 g/mol. The van der Waals surface area contributed by atoms with Gasteiger partial charge in [0.05, 0.1) is 12.2 Å². The minimum absolute atomic E-state index is 0.0127. The van der Waals surface area contributed by atoms with Gasteiger partial charge in [-0.3, -0.25) is 0 Å². The summed E-state index contributed by atoms with van der Waals surface area (Å²) in [5.74, 6) is 0.545. The second-order valence-corrected chi connectivity index (χ2v) is 5.67. The molecule has 0 saturated heterocycles. The molecule has 0 aliphatic rings. The lowest BCUT2D eigenvalue weighted by molar-refractivity contribution is 0.0702. The molecule has 6 heteroatoms. The van der Waals surface area contributed by atoms with Gasteiger partial charge in [0, 0.05) is 11.4 Å². The van der Waals surface area contributed by atoms with Crippen molar-refractivity contribution in [2.75, 3.05) is 0 Å². The van der Waals surface area contributed by atoms with Crippen LogP contribution in [0, 0.1) is 13.8 Å².